The molecule has 1 atom stereocenters. The molecule has 5 nitrogen and oxygen atoms in total. The third-order valence-corrected chi connectivity index (χ3v) is 3.87. The Bertz CT molecular complexity index is 366. The van der Waals surface area contributed by atoms with Gasteiger partial charge in [0.25, 0.3) is 0 Å². The lowest BCUT2D eigenvalue weighted by Crippen LogP contribution is -2.25. The van der Waals surface area contributed by atoms with E-state index in [2.05, 4.69) is 10.1 Å². The minimum atomic E-state index is 0.332. The summed E-state index contributed by atoms with van der Waals surface area (Å²) in [7, 11) is 0. The van der Waals surface area contributed by atoms with Gasteiger partial charge in [-0.3, -0.25) is 0 Å². The molecule has 17 heavy (non-hydrogen) atoms. The monoisotopic (exact) mass is 237 g/mol. The quantitative estimate of drug-likeness (QED) is 0.844. The van der Waals surface area contributed by atoms with Crippen LogP contribution in [0, 0.1) is 0 Å². The third-order valence-electron chi connectivity index (χ3n) is 3.87. The summed E-state index contributed by atoms with van der Waals surface area (Å²) in [6.45, 7) is 1.54. The lowest BCUT2D eigenvalue weighted by Gasteiger charge is -2.22. The van der Waals surface area contributed by atoms with Gasteiger partial charge in [0.15, 0.2) is 5.82 Å². The molecule has 2 fully saturated rings. The zero-order chi connectivity index (χ0) is 11.7. The van der Waals surface area contributed by atoms with Crippen molar-refractivity contribution in [3.8, 4) is 0 Å². The van der Waals surface area contributed by atoms with E-state index in [1.165, 1.54) is 0 Å². The summed E-state index contributed by atoms with van der Waals surface area (Å²) in [6, 6.07) is 0.358. The van der Waals surface area contributed by atoms with Crippen molar-refractivity contribution in [3.63, 3.8) is 0 Å². The number of ether oxygens (including phenoxy) is 1. The number of nitrogens with two attached hydrogens (primary N) is 1. The van der Waals surface area contributed by atoms with Crippen LogP contribution in [0.5, 0.6) is 0 Å². The van der Waals surface area contributed by atoms with Crippen LogP contribution in [-0.2, 0) is 4.74 Å². The lowest BCUT2D eigenvalue weighted by molar-refractivity contribution is 0.192. The number of nitrogens with zero attached hydrogens (tertiary/aromatic N) is 2. The molecule has 0 radical (unpaired) electrons. The van der Waals surface area contributed by atoms with Crippen LogP contribution in [0.2, 0.25) is 0 Å². The average Bonchev–Trinajstić information content (AvgIpc) is 3.00. The number of aromatic nitrogens is 2. The van der Waals surface area contributed by atoms with Crippen LogP contribution in [-0.4, -0.2) is 29.4 Å². The maximum atomic E-state index is 5.90. The maximum absolute atomic E-state index is 5.90. The van der Waals surface area contributed by atoms with Crippen molar-refractivity contribution in [3.05, 3.63) is 11.7 Å². The molecule has 5 heteroatoms. The lowest BCUT2D eigenvalue weighted by atomic mass is 9.86. The molecule has 1 aromatic rings. The SMILES string of the molecule is NC1CCC(c2nc(C3CCOC3)no2)CC1. The van der Waals surface area contributed by atoms with Crippen LogP contribution in [0.15, 0.2) is 4.52 Å². The molecule has 1 saturated carbocycles. The molecule has 0 amide bonds. The van der Waals surface area contributed by atoms with Gasteiger partial charge in [-0.2, -0.15) is 4.98 Å². The van der Waals surface area contributed by atoms with E-state index in [1.807, 2.05) is 0 Å². The Balaban J connectivity index is 1.67. The molecule has 1 aromatic heterocycles. The van der Waals surface area contributed by atoms with E-state index < -0.39 is 0 Å². The zero-order valence-corrected chi connectivity index (χ0v) is 9.97. The van der Waals surface area contributed by atoms with Crippen molar-refractivity contribution in [2.45, 2.75) is 50.0 Å². The highest BCUT2D eigenvalue weighted by molar-refractivity contribution is 5.02. The Morgan fingerprint density at radius 2 is 1.88 bits per heavy atom. The van der Waals surface area contributed by atoms with Crippen LogP contribution in [0.1, 0.15) is 55.7 Å². The normalized spacial score (nSPS) is 34.1. The van der Waals surface area contributed by atoms with Crippen molar-refractivity contribution in [1.82, 2.24) is 10.1 Å². The average molecular weight is 237 g/mol. The molecule has 0 spiro atoms. The molecule has 1 aliphatic heterocycles. The second-order valence-corrected chi connectivity index (χ2v) is 5.16. The van der Waals surface area contributed by atoms with Gasteiger partial charge in [-0.25, -0.2) is 0 Å². The molecule has 2 heterocycles. The fraction of sp³-hybridized carbons (Fsp3) is 0.833. The molecule has 1 unspecified atom stereocenters. The van der Waals surface area contributed by atoms with Gasteiger partial charge in [0.2, 0.25) is 5.89 Å². The van der Waals surface area contributed by atoms with E-state index in [1.54, 1.807) is 0 Å². The first-order chi connectivity index (χ1) is 8.33. The molecule has 0 bridgehead atoms. The highest BCUT2D eigenvalue weighted by Gasteiger charge is 2.28. The van der Waals surface area contributed by atoms with Crippen LogP contribution >= 0.6 is 0 Å². The fourth-order valence-corrected chi connectivity index (χ4v) is 2.68. The number of hydrogen-bond donors (Lipinski definition) is 1. The Morgan fingerprint density at radius 3 is 2.59 bits per heavy atom. The maximum Gasteiger partial charge on any atom is 0.229 e. The van der Waals surface area contributed by atoms with E-state index >= 15 is 0 Å². The van der Waals surface area contributed by atoms with Gasteiger partial charge >= 0.3 is 0 Å². The molecular formula is C12H19N3O2. The van der Waals surface area contributed by atoms with Crippen LogP contribution < -0.4 is 5.73 Å². The second kappa shape index (κ2) is 4.74. The van der Waals surface area contributed by atoms with Crippen molar-refractivity contribution in [2.24, 2.45) is 5.73 Å². The molecule has 2 aliphatic rings. The van der Waals surface area contributed by atoms with Gasteiger partial charge in [-0.05, 0) is 32.1 Å². The van der Waals surface area contributed by atoms with Crippen molar-refractivity contribution < 1.29 is 9.26 Å². The predicted molar refractivity (Wildman–Crippen MR) is 61.7 cm³/mol. The van der Waals surface area contributed by atoms with Gasteiger partial charge in [-0.15, -0.1) is 0 Å². The van der Waals surface area contributed by atoms with Gasteiger partial charge < -0.3 is 15.0 Å². The number of rotatable bonds is 2. The largest absolute Gasteiger partial charge is 0.381 e. The van der Waals surface area contributed by atoms with Gasteiger partial charge in [-0.1, -0.05) is 5.16 Å². The van der Waals surface area contributed by atoms with E-state index in [0.717, 1.165) is 57.0 Å². The van der Waals surface area contributed by atoms with Crippen LogP contribution in [0.4, 0.5) is 0 Å². The highest BCUT2D eigenvalue weighted by Crippen LogP contribution is 2.32. The van der Waals surface area contributed by atoms with Gasteiger partial charge in [0, 0.05) is 24.5 Å². The summed E-state index contributed by atoms with van der Waals surface area (Å²) in [6.07, 6.45) is 5.28. The minimum Gasteiger partial charge on any atom is -0.381 e. The zero-order valence-electron chi connectivity index (χ0n) is 9.97. The van der Waals surface area contributed by atoms with E-state index in [4.69, 9.17) is 15.0 Å². The summed E-state index contributed by atoms with van der Waals surface area (Å²) in [5, 5.41) is 4.10. The van der Waals surface area contributed by atoms with Gasteiger partial charge in [0.05, 0.1) is 6.61 Å². The Hall–Kier alpha value is -0.940. The molecule has 3 rings (SSSR count). The molecule has 2 N–H and O–H groups in total. The van der Waals surface area contributed by atoms with E-state index in [0.29, 0.717) is 17.9 Å². The summed E-state index contributed by atoms with van der Waals surface area (Å²) in [4.78, 5) is 4.54. The fourth-order valence-electron chi connectivity index (χ4n) is 2.68. The number of hydrogen-bond acceptors (Lipinski definition) is 5. The highest BCUT2D eigenvalue weighted by atomic mass is 16.5. The molecule has 1 saturated heterocycles. The Kier molecular flexibility index (Phi) is 3.11. The first-order valence-corrected chi connectivity index (χ1v) is 6.50. The third kappa shape index (κ3) is 2.35. The first kappa shape index (κ1) is 11.2. The summed E-state index contributed by atoms with van der Waals surface area (Å²) >= 11 is 0. The summed E-state index contributed by atoms with van der Waals surface area (Å²) in [5.74, 6) is 2.38. The van der Waals surface area contributed by atoms with Crippen molar-refractivity contribution in [1.29, 1.82) is 0 Å². The second-order valence-electron chi connectivity index (χ2n) is 5.16. The van der Waals surface area contributed by atoms with Crippen LogP contribution in [0.25, 0.3) is 0 Å². The molecule has 1 aliphatic carbocycles. The molecular weight excluding hydrogens is 218 g/mol. The van der Waals surface area contributed by atoms with Crippen LogP contribution in [0.3, 0.4) is 0 Å². The summed E-state index contributed by atoms with van der Waals surface area (Å²) in [5.41, 5.74) is 5.90. The smallest absolute Gasteiger partial charge is 0.229 e. The minimum absolute atomic E-state index is 0.332. The molecule has 0 aromatic carbocycles. The van der Waals surface area contributed by atoms with Gasteiger partial charge in [0.1, 0.15) is 0 Å². The topological polar surface area (TPSA) is 74.2 Å². The van der Waals surface area contributed by atoms with E-state index in [9.17, 15) is 0 Å². The molecule has 94 valence electrons. The Morgan fingerprint density at radius 1 is 1.06 bits per heavy atom. The standard InChI is InChI=1S/C12H19N3O2/c13-10-3-1-8(2-4-10)12-14-11(15-17-12)9-5-6-16-7-9/h8-10H,1-7,13H2. The van der Waals surface area contributed by atoms with Crippen molar-refractivity contribution >= 4 is 0 Å². The predicted octanol–water partition coefficient (Wildman–Crippen LogP) is 1.56. The first-order valence-electron chi connectivity index (χ1n) is 6.50. The van der Waals surface area contributed by atoms with E-state index in [-0.39, 0.29) is 0 Å². The summed E-state index contributed by atoms with van der Waals surface area (Å²) < 4.78 is 10.7. The van der Waals surface area contributed by atoms with Crippen molar-refractivity contribution in [2.75, 3.05) is 13.2 Å². The Labute approximate surface area is 101 Å².